The molecule has 0 unspecified atom stereocenters. The Morgan fingerprint density at radius 3 is 1.85 bits per heavy atom. The van der Waals surface area contributed by atoms with Crippen LogP contribution in [0.25, 0.3) is 33.2 Å². The van der Waals surface area contributed by atoms with E-state index >= 15 is 0 Å². The van der Waals surface area contributed by atoms with Gasteiger partial charge < -0.3 is 14.7 Å². The zero-order valence-electron chi connectivity index (χ0n) is 21.8. The van der Waals surface area contributed by atoms with E-state index in [1.54, 1.807) is 18.3 Å². The van der Waals surface area contributed by atoms with Gasteiger partial charge in [-0.25, -0.2) is 4.98 Å². The Morgan fingerprint density at radius 1 is 0.659 bits per heavy atom. The lowest BCUT2D eigenvalue weighted by Crippen LogP contribution is -2.37. The summed E-state index contributed by atoms with van der Waals surface area (Å²) in [7, 11) is 0. The molecule has 0 radical (unpaired) electrons. The number of rotatable bonds is 6. The summed E-state index contributed by atoms with van der Waals surface area (Å²) in [5, 5.41) is 13.7. The molecule has 0 amide bonds. The fourth-order valence-electron chi connectivity index (χ4n) is 5.89. The molecule has 41 heavy (non-hydrogen) atoms. The van der Waals surface area contributed by atoms with Crippen LogP contribution in [0.2, 0.25) is 0 Å². The lowest BCUT2D eigenvalue weighted by molar-refractivity contribution is -0.388. The Hall–Kier alpha value is -5.69. The third-order valence-electron chi connectivity index (χ3n) is 7.56. The van der Waals surface area contributed by atoms with Crippen LogP contribution in [0.4, 0.5) is 5.82 Å². The van der Waals surface area contributed by atoms with Crippen molar-refractivity contribution in [2.75, 3.05) is 0 Å². The molecule has 7 rings (SSSR count). The number of hydrogen-bond acceptors (Lipinski definition) is 5. The smallest absolute Gasteiger partial charge is 0.358 e. The number of nitrogens with zero attached hydrogens (tertiary/aromatic N) is 5. The van der Waals surface area contributed by atoms with E-state index in [4.69, 9.17) is 4.98 Å². The lowest BCUT2D eigenvalue weighted by Gasteiger charge is -2.38. The van der Waals surface area contributed by atoms with Crippen molar-refractivity contribution >= 4 is 27.8 Å². The summed E-state index contributed by atoms with van der Waals surface area (Å²) >= 11 is 0. The Morgan fingerprint density at radius 2 is 1.27 bits per heavy atom. The number of aromatic nitrogens is 4. The van der Waals surface area contributed by atoms with Gasteiger partial charge in [0.25, 0.3) is 0 Å². The molecule has 0 saturated heterocycles. The molecule has 0 atom stereocenters. The van der Waals surface area contributed by atoms with E-state index in [1.165, 1.54) is 6.20 Å². The van der Waals surface area contributed by atoms with Crippen LogP contribution >= 0.6 is 0 Å². The van der Waals surface area contributed by atoms with E-state index in [0.717, 1.165) is 33.0 Å². The molecule has 7 nitrogen and oxygen atoms in total. The molecule has 3 aromatic carbocycles. The first-order chi connectivity index (χ1) is 20.2. The van der Waals surface area contributed by atoms with Crippen LogP contribution in [0.5, 0.6) is 0 Å². The predicted octanol–water partition coefficient (Wildman–Crippen LogP) is 7.39. The number of fused-ring (bicyclic) bond motifs is 3. The first-order valence-electron chi connectivity index (χ1n) is 13.2. The van der Waals surface area contributed by atoms with E-state index < -0.39 is 10.5 Å². The third-order valence-corrected chi connectivity index (χ3v) is 7.56. The summed E-state index contributed by atoms with van der Waals surface area (Å²) in [5.74, 6) is -0.232. The normalized spacial score (nSPS) is 11.6. The van der Waals surface area contributed by atoms with Crippen molar-refractivity contribution in [3.8, 4) is 11.3 Å². The van der Waals surface area contributed by atoms with Crippen LogP contribution in [0.1, 0.15) is 16.7 Å². The maximum Gasteiger partial charge on any atom is 0.372 e. The second-order valence-electron chi connectivity index (χ2n) is 9.74. The van der Waals surface area contributed by atoms with Gasteiger partial charge in [-0.2, -0.15) is 0 Å². The monoisotopic (exact) mass is 533 g/mol. The fourth-order valence-corrected chi connectivity index (χ4v) is 5.89. The number of pyridine rings is 3. The first kappa shape index (κ1) is 24.4. The van der Waals surface area contributed by atoms with Crippen molar-refractivity contribution in [1.82, 2.24) is 19.5 Å². The minimum Gasteiger partial charge on any atom is -0.358 e. The quantitative estimate of drug-likeness (QED) is 0.126. The van der Waals surface area contributed by atoms with Gasteiger partial charge in [0.05, 0.1) is 16.8 Å². The molecule has 0 aliphatic heterocycles. The second-order valence-corrected chi connectivity index (χ2v) is 9.74. The van der Waals surface area contributed by atoms with Gasteiger partial charge in [0.2, 0.25) is 0 Å². The Labute approximate surface area is 235 Å². The van der Waals surface area contributed by atoms with E-state index in [0.29, 0.717) is 16.9 Å². The van der Waals surface area contributed by atoms with Gasteiger partial charge in [0.1, 0.15) is 17.4 Å². The zero-order chi connectivity index (χ0) is 27.8. The van der Waals surface area contributed by atoms with Gasteiger partial charge in [-0.15, -0.1) is 0 Å². The molecular weight excluding hydrogens is 510 g/mol. The summed E-state index contributed by atoms with van der Waals surface area (Å²) in [6.07, 6.45) is 5.07. The van der Waals surface area contributed by atoms with E-state index in [9.17, 15) is 10.1 Å². The van der Waals surface area contributed by atoms with Gasteiger partial charge >= 0.3 is 5.82 Å². The standard InChI is InChI=1S/C34H23N5O2/c40-39(41)32-28(17-10-21-36-32)30-19-18-27-29-23-35-22-20-31(29)38(33(27)37-30)34(24-11-4-1-5-12-24,25-13-6-2-7-14-25)26-15-8-3-9-16-26/h1-23H. The average molecular weight is 534 g/mol. The van der Waals surface area contributed by atoms with Crippen LogP contribution in [0.15, 0.2) is 140 Å². The van der Waals surface area contributed by atoms with Crippen molar-refractivity contribution in [1.29, 1.82) is 0 Å². The summed E-state index contributed by atoms with van der Waals surface area (Å²) in [6.45, 7) is 0. The molecule has 0 saturated carbocycles. The molecule has 7 heteroatoms. The number of hydrogen-bond donors (Lipinski definition) is 0. The topological polar surface area (TPSA) is 86.7 Å². The van der Waals surface area contributed by atoms with Gasteiger partial charge in [0.15, 0.2) is 0 Å². The molecule has 196 valence electrons. The van der Waals surface area contributed by atoms with E-state index in [1.807, 2.05) is 79.0 Å². The van der Waals surface area contributed by atoms with Crippen molar-refractivity contribution in [3.63, 3.8) is 0 Å². The van der Waals surface area contributed by atoms with Crippen LogP contribution in [0.3, 0.4) is 0 Å². The van der Waals surface area contributed by atoms with Gasteiger partial charge in [-0.3, -0.25) is 4.98 Å². The molecule has 4 heterocycles. The van der Waals surface area contributed by atoms with Crippen molar-refractivity contribution in [2.24, 2.45) is 0 Å². The molecule has 0 bridgehead atoms. The maximum absolute atomic E-state index is 11.9. The van der Waals surface area contributed by atoms with Gasteiger partial charge in [-0.05, 0) is 56.9 Å². The van der Waals surface area contributed by atoms with Crippen molar-refractivity contribution in [2.45, 2.75) is 5.54 Å². The van der Waals surface area contributed by atoms with Crippen LogP contribution in [0, 0.1) is 10.1 Å². The summed E-state index contributed by atoms with van der Waals surface area (Å²) in [6, 6.07) is 40.3. The van der Waals surface area contributed by atoms with Crippen molar-refractivity contribution < 1.29 is 4.92 Å². The number of nitro groups is 1. The molecule has 0 fully saturated rings. The largest absolute Gasteiger partial charge is 0.372 e. The molecule has 7 aromatic rings. The van der Waals surface area contributed by atoms with Gasteiger partial charge in [0, 0.05) is 23.2 Å². The first-order valence-corrected chi connectivity index (χ1v) is 13.2. The Kier molecular flexibility index (Phi) is 5.83. The molecule has 0 spiro atoms. The minimum absolute atomic E-state index is 0.232. The number of benzene rings is 3. The summed E-state index contributed by atoms with van der Waals surface area (Å²) < 4.78 is 2.26. The molecule has 0 aliphatic carbocycles. The highest BCUT2D eigenvalue weighted by atomic mass is 16.6. The van der Waals surface area contributed by atoms with Crippen LogP contribution in [-0.4, -0.2) is 24.4 Å². The predicted molar refractivity (Wildman–Crippen MR) is 160 cm³/mol. The molecular formula is C34H23N5O2. The van der Waals surface area contributed by atoms with Crippen LogP contribution < -0.4 is 0 Å². The third kappa shape index (κ3) is 3.78. The van der Waals surface area contributed by atoms with Crippen molar-refractivity contribution in [3.05, 3.63) is 167 Å². The second kappa shape index (κ2) is 9.81. The zero-order valence-corrected chi connectivity index (χ0v) is 21.8. The minimum atomic E-state index is -0.836. The average Bonchev–Trinajstić information content (AvgIpc) is 3.37. The fraction of sp³-hybridized carbons (Fsp3) is 0.0294. The highest BCUT2D eigenvalue weighted by molar-refractivity contribution is 6.07. The van der Waals surface area contributed by atoms with Crippen LogP contribution in [-0.2, 0) is 5.54 Å². The SMILES string of the molecule is O=[N+]([O-])c1ncccc1-c1ccc2c3cnccc3n(C(c3ccccc3)(c3ccccc3)c3ccccc3)c2n1. The molecule has 4 aromatic heterocycles. The van der Waals surface area contributed by atoms with E-state index in [2.05, 4.69) is 50.9 Å². The molecule has 0 aliphatic rings. The Balaban J connectivity index is 1.69. The maximum atomic E-state index is 11.9. The Bertz CT molecular complexity index is 1930. The highest BCUT2D eigenvalue weighted by Crippen LogP contribution is 2.46. The lowest BCUT2D eigenvalue weighted by atomic mass is 9.76. The summed E-state index contributed by atoms with van der Waals surface area (Å²) in [5.41, 5.74) is 4.76. The highest BCUT2D eigenvalue weighted by Gasteiger charge is 2.41. The molecule has 0 N–H and O–H groups in total. The van der Waals surface area contributed by atoms with E-state index in [-0.39, 0.29) is 5.82 Å². The summed E-state index contributed by atoms with van der Waals surface area (Å²) in [4.78, 5) is 25.1. The van der Waals surface area contributed by atoms with Gasteiger partial charge in [-0.1, -0.05) is 91.0 Å².